The number of benzene rings is 1. The summed E-state index contributed by atoms with van der Waals surface area (Å²) in [6.07, 6.45) is 1.22. The van der Waals surface area contributed by atoms with Gasteiger partial charge in [-0.3, -0.25) is 4.90 Å². The maximum Gasteiger partial charge on any atom is 0.0363 e. The molecule has 0 aromatic heterocycles. The van der Waals surface area contributed by atoms with E-state index in [2.05, 4.69) is 36.0 Å². The molecule has 0 spiro atoms. The topological polar surface area (TPSA) is 32.5 Å². The predicted molar refractivity (Wildman–Crippen MR) is 68.1 cm³/mol. The number of nitrogens with zero attached hydrogens (tertiary/aromatic N) is 2. The number of rotatable bonds is 4. The number of anilines is 1. The average Bonchev–Trinajstić information content (AvgIpc) is 2.61. The molecule has 0 fully saturated rings. The van der Waals surface area contributed by atoms with Crippen LogP contribution in [0.4, 0.5) is 5.69 Å². The molecule has 0 amide bonds. The first kappa shape index (κ1) is 11.4. The monoisotopic (exact) mass is 219 g/mol. The minimum Gasteiger partial charge on any atom is -0.398 e. The van der Waals surface area contributed by atoms with Crippen LogP contribution in [0.15, 0.2) is 18.2 Å². The SMILES string of the molecule is CN(C)CCCN1Cc2cccc(N)c2C1. The van der Waals surface area contributed by atoms with Crippen molar-refractivity contribution in [1.82, 2.24) is 9.80 Å². The van der Waals surface area contributed by atoms with Gasteiger partial charge in [-0.15, -0.1) is 0 Å². The quantitative estimate of drug-likeness (QED) is 0.780. The number of hydrogen-bond donors (Lipinski definition) is 1. The minimum absolute atomic E-state index is 0.951. The average molecular weight is 219 g/mol. The standard InChI is InChI=1S/C13H21N3/c1-15(2)7-4-8-16-9-11-5-3-6-13(14)12(11)10-16/h3,5-6H,4,7-10,14H2,1-2H3. The first-order valence-corrected chi connectivity index (χ1v) is 5.90. The Bertz CT molecular complexity index is 360. The lowest BCUT2D eigenvalue weighted by Crippen LogP contribution is -2.22. The van der Waals surface area contributed by atoms with Crippen LogP contribution in [0.5, 0.6) is 0 Å². The van der Waals surface area contributed by atoms with Gasteiger partial charge in [0.15, 0.2) is 0 Å². The van der Waals surface area contributed by atoms with Crippen molar-refractivity contribution in [2.75, 3.05) is 32.9 Å². The van der Waals surface area contributed by atoms with Crippen LogP contribution in [0, 0.1) is 0 Å². The highest BCUT2D eigenvalue weighted by Gasteiger charge is 2.19. The summed E-state index contributed by atoms with van der Waals surface area (Å²) in [4.78, 5) is 4.71. The second-order valence-electron chi connectivity index (χ2n) is 4.85. The first-order valence-electron chi connectivity index (χ1n) is 5.90. The van der Waals surface area contributed by atoms with E-state index in [0.717, 1.165) is 31.9 Å². The Hall–Kier alpha value is -1.06. The fourth-order valence-corrected chi connectivity index (χ4v) is 2.28. The second kappa shape index (κ2) is 4.85. The molecule has 3 nitrogen and oxygen atoms in total. The largest absolute Gasteiger partial charge is 0.398 e. The third kappa shape index (κ3) is 2.54. The Morgan fingerprint density at radius 3 is 2.81 bits per heavy atom. The predicted octanol–water partition coefficient (Wildman–Crippen LogP) is 1.54. The van der Waals surface area contributed by atoms with Crippen molar-refractivity contribution < 1.29 is 0 Å². The van der Waals surface area contributed by atoms with Gasteiger partial charge in [-0.05, 0) is 44.3 Å². The second-order valence-corrected chi connectivity index (χ2v) is 4.85. The Kier molecular flexibility index (Phi) is 3.46. The Labute approximate surface area is 97.8 Å². The summed E-state index contributed by atoms with van der Waals surface area (Å²) in [5, 5.41) is 0. The molecule has 3 heteroatoms. The van der Waals surface area contributed by atoms with E-state index in [1.165, 1.54) is 17.5 Å². The molecule has 1 aliphatic heterocycles. The van der Waals surface area contributed by atoms with Crippen molar-refractivity contribution in [3.05, 3.63) is 29.3 Å². The maximum atomic E-state index is 5.98. The van der Waals surface area contributed by atoms with E-state index in [-0.39, 0.29) is 0 Å². The van der Waals surface area contributed by atoms with Gasteiger partial charge >= 0.3 is 0 Å². The Morgan fingerprint density at radius 2 is 2.12 bits per heavy atom. The van der Waals surface area contributed by atoms with Crippen molar-refractivity contribution in [1.29, 1.82) is 0 Å². The molecule has 0 bridgehead atoms. The van der Waals surface area contributed by atoms with Crippen LogP contribution >= 0.6 is 0 Å². The molecule has 1 heterocycles. The fraction of sp³-hybridized carbons (Fsp3) is 0.538. The van der Waals surface area contributed by atoms with E-state index in [1.54, 1.807) is 0 Å². The molecule has 0 atom stereocenters. The summed E-state index contributed by atoms with van der Waals surface area (Å²) in [5.74, 6) is 0. The van der Waals surface area contributed by atoms with E-state index in [0.29, 0.717) is 0 Å². The zero-order valence-electron chi connectivity index (χ0n) is 10.2. The zero-order valence-corrected chi connectivity index (χ0v) is 10.2. The molecule has 0 saturated carbocycles. The molecule has 0 saturated heterocycles. The van der Waals surface area contributed by atoms with E-state index < -0.39 is 0 Å². The molecule has 1 aromatic carbocycles. The minimum atomic E-state index is 0.951. The lowest BCUT2D eigenvalue weighted by molar-refractivity contribution is 0.262. The van der Waals surface area contributed by atoms with Crippen molar-refractivity contribution >= 4 is 5.69 Å². The Balaban J connectivity index is 1.88. The number of nitrogens with two attached hydrogens (primary N) is 1. The first-order chi connectivity index (χ1) is 7.66. The van der Waals surface area contributed by atoms with Crippen LogP contribution in [0.25, 0.3) is 0 Å². The third-order valence-electron chi connectivity index (χ3n) is 3.16. The van der Waals surface area contributed by atoms with Gasteiger partial charge in [0.05, 0.1) is 0 Å². The number of nitrogen functional groups attached to an aromatic ring is 1. The van der Waals surface area contributed by atoms with Crippen LogP contribution < -0.4 is 5.73 Å². The molecule has 1 aliphatic rings. The summed E-state index contributed by atoms with van der Waals surface area (Å²) < 4.78 is 0. The summed E-state index contributed by atoms with van der Waals surface area (Å²) in [6.45, 7) is 4.40. The van der Waals surface area contributed by atoms with E-state index in [4.69, 9.17) is 5.73 Å². The van der Waals surface area contributed by atoms with Crippen molar-refractivity contribution in [2.45, 2.75) is 19.5 Å². The van der Waals surface area contributed by atoms with Gasteiger partial charge in [0.25, 0.3) is 0 Å². The highest BCUT2D eigenvalue weighted by Crippen LogP contribution is 2.27. The molecular formula is C13H21N3. The van der Waals surface area contributed by atoms with Crippen LogP contribution in [0.3, 0.4) is 0 Å². The zero-order chi connectivity index (χ0) is 11.5. The van der Waals surface area contributed by atoms with Crippen LogP contribution in [0.1, 0.15) is 17.5 Å². The van der Waals surface area contributed by atoms with Crippen molar-refractivity contribution in [3.8, 4) is 0 Å². The van der Waals surface area contributed by atoms with E-state index >= 15 is 0 Å². The Morgan fingerprint density at radius 1 is 1.31 bits per heavy atom. The lowest BCUT2D eigenvalue weighted by Gasteiger charge is -2.16. The summed E-state index contributed by atoms with van der Waals surface area (Å²) in [5.41, 5.74) is 9.68. The van der Waals surface area contributed by atoms with Crippen molar-refractivity contribution in [2.24, 2.45) is 0 Å². The van der Waals surface area contributed by atoms with E-state index in [9.17, 15) is 0 Å². The van der Waals surface area contributed by atoms with Gasteiger partial charge in [0, 0.05) is 25.3 Å². The third-order valence-corrected chi connectivity index (χ3v) is 3.16. The number of fused-ring (bicyclic) bond motifs is 1. The fourth-order valence-electron chi connectivity index (χ4n) is 2.28. The molecule has 0 aliphatic carbocycles. The smallest absolute Gasteiger partial charge is 0.0363 e. The molecule has 16 heavy (non-hydrogen) atoms. The summed E-state index contributed by atoms with van der Waals surface area (Å²) in [7, 11) is 4.24. The van der Waals surface area contributed by atoms with Crippen LogP contribution in [-0.2, 0) is 13.1 Å². The lowest BCUT2D eigenvalue weighted by atomic mass is 10.1. The molecule has 0 radical (unpaired) electrons. The highest BCUT2D eigenvalue weighted by molar-refractivity contribution is 5.52. The van der Waals surface area contributed by atoms with E-state index in [1.807, 2.05) is 6.07 Å². The highest BCUT2D eigenvalue weighted by atomic mass is 15.1. The summed E-state index contributed by atoms with van der Waals surface area (Å²) in [6, 6.07) is 6.25. The molecule has 1 aromatic rings. The maximum absolute atomic E-state index is 5.98. The molecule has 2 rings (SSSR count). The summed E-state index contributed by atoms with van der Waals surface area (Å²) >= 11 is 0. The molecule has 88 valence electrons. The normalized spacial score (nSPS) is 15.7. The number of hydrogen-bond acceptors (Lipinski definition) is 3. The molecule has 0 unspecified atom stereocenters. The van der Waals surface area contributed by atoms with Gasteiger partial charge in [-0.25, -0.2) is 0 Å². The van der Waals surface area contributed by atoms with Gasteiger partial charge in [0.1, 0.15) is 0 Å². The van der Waals surface area contributed by atoms with Crippen molar-refractivity contribution in [3.63, 3.8) is 0 Å². The van der Waals surface area contributed by atoms with Crippen LogP contribution in [0.2, 0.25) is 0 Å². The molecule has 2 N–H and O–H groups in total. The van der Waals surface area contributed by atoms with Gasteiger partial charge < -0.3 is 10.6 Å². The van der Waals surface area contributed by atoms with Crippen LogP contribution in [-0.4, -0.2) is 37.0 Å². The molecular weight excluding hydrogens is 198 g/mol. The van der Waals surface area contributed by atoms with Gasteiger partial charge in [0.2, 0.25) is 0 Å². The van der Waals surface area contributed by atoms with Gasteiger partial charge in [-0.1, -0.05) is 12.1 Å². The van der Waals surface area contributed by atoms with Gasteiger partial charge in [-0.2, -0.15) is 0 Å².